The minimum absolute atomic E-state index is 0.0767. The molecule has 0 aliphatic heterocycles. The number of benzene rings is 1. The van der Waals surface area contributed by atoms with Crippen molar-refractivity contribution >= 4 is 15.9 Å². The topological polar surface area (TPSA) is 105 Å². The number of amides is 1. The van der Waals surface area contributed by atoms with Crippen LogP contribution in [0.4, 0.5) is 0 Å². The van der Waals surface area contributed by atoms with Gasteiger partial charge in [0, 0.05) is 20.2 Å². The quantitative estimate of drug-likeness (QED) is 0.579. The Labute approximate surface area is 124 Å². The van der Waals surface area contributed by atoms with E-state index < -0.39 is 16.1 Å². The number of hydrogen-bond donors (Lipinski definition) is 3. The summed E-state index contributed by atoms with van der Waals surface area (Å²) in [7, 11) is -2.08. The van der Waals surface area contributed by atoms with E-state index in [9.17, 15) is 13.2 Å². The molecule has 1 atom stereocenters. The maximum atomic E-state index is 11.9. The van der Waals surface area contributed by atoms with E-state index in [2.05, 4.69) is 10.0 Å². The van der Waals surface area contributed by atoms with Crippen molar-refractivity contribution < 1.29 is 23.1 Å². The second kappa shape index (κ2) is 7.96. The van der Waals surface area contributed by atoms with Crippen LogP contribution in [0.15, 0.2) is 29.2 Å². The molecular formula is C13H20N2O5S. The molecule has 0 saturated carbocycles. The molecule has 1 aromatic rings. The van der Waals surface area contributed by atoms with Crippen molar-refractivity contribution in [1.82, 2.24) is 10.0 Å². The summed E-state index contributed by atoms with van der Waals surface area (Å²) < 4.78 is 31.5. The summed E-state index contributed by atoms with van der Waals surface area (Å²) in [4.78, 5) is 11.4. The molecule has 8 heteroatoms. The number of rotatable bonds is 8. The fraction of sp³-hybridized carbons (Fsp3) is 0.462. The molecule has 3 N–H and O–H groups in total. The molecule has 21 heavy (non-hydrogen) atoms. The molecule has 1 rings (SSSR count). The molecule has 0 aliphatic rings. The monoisotopic (exact) mass is 316 g/mol. The largest absolute Gasteiger partial charge is 0.481 e. The zero-order valence-corrected chi connectivity index (χ0v) is 12.8. The van der Waals surface area contributed by atoms with Gasteiger partial charge in [0.15, 0.2) is 6.10 Å². The first kappa shape index (κ1) is 17.4. The number of likely N-dealkylation sites (N-methyl/N-ethyl adjacent to an activating group) is 1. The van der Waals surface area contributed by atoms with E-state index in [0.717, 1.165) is 0 Å². The first-order valence-corrected chi connectivity index (χ1v) is 7.98. The predicted molar refractivity (Wildman–Crippen MR) is 77.5 cm³/mol. The Balaban J connectivity index is 2.71. The zero-order chi connectivity index (χ0) is 15.9. The molecule has 0 aliphatic carbocycles. The summed E-state index contributed by atoms with van der Waals surface area (Å²) in [6.07, 6.45) is -0.315. The molecule has 0 aromatic heterocycles. The minimum Gasteiger partial charge on any atom is -0.481 e. The van der Waals surface area contributed by atoms with Crippen LogP contribution in [0, 0.1) is 0 Å². The van der Waals surface area contributed by atoms with Crippen LogP contribution >= 0.6 is 0 Å². The third-order valence-corrected chi connectivity index (χ3v) is 4.17. The van der Waals surface area contributed by atoms with Gasteiger partial charge in [0.25, 0.3) is 5.91 Å². The van der Waals surface area contributed by atoms with Gasteiger partial charge >= 0.3 is 0 Å². The standard InChI is InChI=1S/C13H20N2O5S/c1-10(13(17)14-2)20-11-4-6-12(7-5-11)21(18,19)15-8-3-9-16/h4-7,10,15-16H,3,8-9H2,1-2H3,(H,14,17)/t10-/m0/s1. The number of aliphatic hydroxyl groups excluding tert-OH is 1. The van der Waals surface area contributed by atoms with Gasteiger partial charge in [0.1, 0.15) is 5.75 Å². The molecule has 7 nitrogen and oxygen atoms in total. The van der Waals surface area contributed by atoms with Crippen LogP contribution in [0.2, 0.25) is 0 Å². The molecule has 118 valence electrons. The van der Waals surface area contributed by atoms with E-state index in [1.165, 1.54) is 31.3 Å². The van der Waals surface area contributed by atoms with Crippen LogP contribution in [0.1, 0.15) is 13.3 Å². The minimum atomic E-state index is -3.59. The van der Waals surface area contributed by atoms with Gasteiger partial charge in [0.05, 0.1) is 4.90 Å². The van der Waals surface area contributed by atoms with Gasteiger partial charge in [0.2, 0.25) is 10.0 Å². The molecule has 0 bridgehead atoms. The van der Waals surface area contributed by atoms with E-state index >= 15 is 0 Å². The van der Waals surface area contributed by atoms with Crippen molar-refractivity contribution in [2.75, 3.05) is 20.2 Å². The number of carbonyl (C=O) groups is 1. The highest BCUT2D eigenvalue weighted by atomic mass is 32.2. The van der Waals surface area contributed by atoms with Crippen molar-refractivity contribution in [3.63, 3.8) is 0 Å². The Morgan fingerprint density at radius 3 is 2.48 bits per heavy atom. The number of ether oxygens (including phenoxy) is 1. The molecule has 0 spiro atoms. The SMILES string of the molecule is CNC(=O)[C@H](C)Oc1ccc(S(=O)(=O)NCCCO)cc1. The van der Waals surface area contributed by atoms with E-state index in [0.29, 0.717) is 12.2 Å². The average molecular weight is 316 g/mol. The van der Waals surface area contributed by atoms with Gasteiger partial charge in [-0.1, -0.05) is 0 Å². The molecule has 0 fully saturated rings. The Morgan fingerprint density at radius 2 is 1.95 bits per heavy atom. The summed E-state index contributed by atoms with van der Waals surface area (Å²) in [5.41, 5.74) is 0. The molecule has 0 saturated heterocycles. The van der Waals surface area contributed by atoms with E-state index in [4.69, 9.17) is 9.84 Å². The Kier molecular flexibility index (Phi) is 6.60. The first-order valence-electron chi connectivity index (χ1n) is 6.49. The van der Waals surface area contributed by atoms with Crippen molar-refractivity contribution in [3.8, 4) is 5.75 Å². The normalized spacial score (nSPS) is 12.7. The van der Waals surface area contributed by atoms with Crippen LogP contribution in [-0.2, 0) is 14.8 Å². The number of hydrogen-bond acceptors (Lipinski definition) is 5. The summed E-state index contributed by atoms with van der Waals surface area (Å²) in [5, 5.41) is 11.1. The number of sulfonamides is 1. The second-order valence-corrected chi connectivity index (χ2v) is 6.09. The van der Waals surface area contributed by atoms with Crippen LogP contribution in [-0.4, -0.2) is 45.7 Å². The number of aliphatic hydroxyl groups is 1. The highest BCUT2D eigenvalue weighted by Crippen LogP contribution is 2.17. The number of nitrogens with one attached hydrogen (secondary N) is 2. The zero-order valence-electron chi connectivity index (χ0n) is 12.0. The Hall–Kier alpha value is -1.64. The molecule has 1 amide bonds. The lowest BCUT2D eigenvalue weighted by Gasteiger charge is -2.13. The highest BCUT2D eigenvalue weighted by molar-refractivity contribution is 7.89. The van der Waals surface area contributed by atoms with Crippen molar-refractivity contribution in [3.05, 3.63) is 24.3 Å². The van der Waals surface area contributed by atoms with Gasteiger partial charge in [-0.05, 0) is 37.6 Å². The molecule has 0 unspecified atom stereocenters. The highest BCUT2D eigenvalue weighted by Gasteiger charge is 2.15. The fourth-order valence-corrected chi connectivity index (χ4v) is 2.60. The van der Waals surface area contributed by atoms with Crippen LogP contribution in [0.3, 0.4) is 0 Å². The second-order valence-electron chi connectivity index (χ2n) is 4.32. The van der Waals surface area contributed by atoms with Crippen molar-refractivity contribution in [2.45, 2.75) is 24.3 Å². The van der Waals surface area contributed by atoms with E-state index in [1.807, 2.05) is 0 Å². The smallest absolute Gasteiger partial charge is 0.260 e. The maximum absolute atomic E-state index is 11.9. The van der Waals surface area contributed by atoms with Gasteiger partial charge < -0.3 is 15.2 Å². The van der Waals surface area contributed by atoms with E-state index in [1.54, 1.807) is 6.92 Å². The van der Waals surface area contributed by atoms with Gasteiger partial charge in [-0.15, -0.1) is 0 Å². The lowest BCUT2D eigenvalue weighted by molar-refractivity contribution is -0.126. The van der Waals surface area contributed by atoms with Crippen LogP contribution < -0.4 is 14.8 Å². The first-order chi connectivity index (χ1) is 9.90. The molecule has 0 radical (unpaired) electrons. The molecular weight excluding hydrogens is 296 g/mol. The molecule has 0 heterocycles. The Morgan fingerprint density at radius 1 is 1.33 bits per heavy atom. The molecule has 1 aromatic carbocycles. The third kappa shape index (κ3) is 5.33. The van der Waals surface area contributed by atoms with Gasteiger partial charge in [-0.2, -0.15) is 0 Å². The fourth-order valence-electron chi connectivity index (χ4n) is 1.53. The maximum Gasteiger partial charge on any atom is 0.260 e. The summed E-state index contributed by atoms with van der Waals surface area (Å²) in [6, 6.07) is 5.76. The van der Waals surface area contributed by atoms with E-state index in [-0.39, 0.29) is 24.0 Å². The summed E-state index contributed by atoms with van der Waals surface area (Å²) in [6.45, 7) is 1.69. The van der Waals surface area contributed by atoms with Crippen LogP contribution in [0.5, 0.6) is 5.75 Å². The lowest BCUT2D eigenvalue weighted by Crippen LogP contribution is -2.33. The average Bonchev–Trinajstić information content (AvgIpc) is 2.47. The lowest BCUT2D eigenvalue weighted by atomic mass is 10.3. The summed E-state index contributed by atoms with van der Waals surface area (Å²) in [5.74, 6) is 0.137. The Bertz CT molecular complexity index is 556. The third-order valence-electron chi connectivity index (χ3n) is 2.69. The van der Waals surface area contributed by atoms with Crippen molar-refractivity contribution in [1.29, 1.82) is 0 Å². The van der Waals surface area contributed by atoms with Gasteiger partial charge in [-0.25, -0.2) is 13.1 Å². The van der Waals surface area contributed by atoms with Gasteiger partial charge in [-0.3, -0.25) is 4.79 Å². The summed E-state index contributed by atoms with van der Waals surface area (Å²) >= 11 is 0. The van der Waals surface area contributed by atoms with Crippen LogP contribution in [0.25, 0.3) is 0 Å². The number of carbonyl (C=O) groups excluding carboxylic acids is 1. The van der Waals surface area contributed by atoms with Crippen molar-refractivity contribution in [2.24, 2.45) is 0 Å². The predicted octanol–water partition coefficient (Wildman–Crippen LogP) is -0.139.